The van der Waals surface area contributed by atoms with Gasteiger partial charge in [-0.3, -0.25) is 14.4 Å². The van der Waals surface area contributed by atoms with Gasteiger partial charge in [-0.1, -0.05) is 37.3 Å². The highest BCUT2D eigenvalue weighted by Crippen LogP contribution is 2.18. The fourth-order valence-electron chi connectivity index (χ4n) is 3.01. The second kappa shape index (κ2) is 9.33. The van der Waals surface area contributed by atoms with Gasteiger partial charge in [-0.25, -0.2) is 0 Å². The normalized spacial score (nSPS) is 16.7. The maximum absolute atomic E-state index is 12.3. The fourth-order valence-corrected chi connectivity index (χ4v) is 3.01. The summed E-state index contributed by atoms with van der Waals surface area (Å²) < 4.78 is 0. The molecule has 1 heterocycles. The number of rotatable bonds is 6. The Morgan fingerprint density at radius 2 is 1.65 bits per heavy atom. The lowest BCUT2D eigenvalue weighted by molar-refractivity contribution is -0.138. The summed E-state index contributed by atoms with van der Waals surface area (Å²) in [7, 11) is 0. The van der Waals surface area contributed by atoms with Gasteiger partial charge in [0, 0.05) is 52.1 Å². The third kappa shape index (κ3) is 5.29. The molecule has 0 saturated carbocycles. The molecule has 1 aromatic carbocycles. The number of carbonyl (C=O) groups is 3. The monoisotopic (exact) mass is 360 g/mol. The molecule has 2 rings (SSSR count). The minimum atomic E-state index is -0.383. The van der Waals surface area contributed by atoms with Crippen LogP contribution >= 0.6 is 0 Å². The minimum Gasteiger partial charge on any atom is -0.355 e. The van der Waals surface area contributed by atoms with E-state index in [1.165, 1.54) is 6.92 Å². The molecule has 142 valence electrons. The lowest BCUT2D eigenvalue weighted by Crippen LogP contribution is -2.50. The van der Waals surface area contributed by atoms with Crippen LogP contribution in [0, 0.1) is 5.92 Å². The number of hydrogen-bond acceptors (Lipinski definition) is 4. The summed E-state index contributed by atoms with van der Waals surface area (Å²) in [5, 5.41) is 2.80. The first kappa shape index (κ1) is 19.9. The Hall–Kier alpha value is -2.41. The molecule has 3 N–H and O–H groups in total. The molecular weight excluding hydrogens is 332 g/mol. The number of carbonyl (C=O) groups excluding carboxylic acids is 3. The van der Waals surface area contributed by atoms with Crippen molar-refractivity contribution in [3.05, 3.63) is 35.9 Å². The molecular formula is C19H28N4O3. The van der Waals surface area contributed by atoms with E-state index >= 15 is 0 Å². The zero-order chi connectivity index (χ0) is 19.1. The molecule has 2 unspecified atom stereocenters. The Morgan fingerprint density at radius 3 is 2.23 bits per heavy atom. The van der Waals surface area contributed by atoms with Crippen LogP contribution in [0.15, 0.2) is 30.3 Å². The lowest BCUT2D eigenvalue weighted by Gasteiger charge is -2.34. The van der Waals surface area contributed by atoms with Gasteiger partial charge in [0.15, 0.2) is 0 Å². The summed E-state index contributed by atoms with van der Waals surface area (Å²) in [5.41, 5.74) is 7.07. The van der Waals surface area contributed by atoms with E-state index in [0.717, 1.165) is 5.56 Å². The van der Waals surface area contributed by atoms with E-state index in [0.29, 0.717) is 26.2 Å². The molecule has 0 aliphatic carbocycles. The standard InChI is InChI=1S/C19H28N4O3/c1-14(18(20)16-6-4-3-5-7-16)19(26)21-9-8-17(25)23-12-10-22(11-13-23)15(2)24/h3-7,14,18H,8-13,20H2,1-2H3,(H,21,26). The Labute approximate surface area is 154 Å². The van der Waals surface area contributed by atoms with Crippen LogP contribution in [-0.2, 0) is 14.4 Å². The number of benzene rings is 1. The van der Waals surface area contributed by atoms with Gasteiger partial charge in [0.1, 0.15) is 0 Å². The molecule has 2 atom stereocenters. The summed E-state index contributed by atoms with van der Waals surface area (Å²) in [4.78, 5) is 39.3. The van der Waals surface area contributed by atoms with Crippen molar-refractivity contribution >= 4 is 17.7 Å². The molecule has 7 heteroatoms. The summed E-state index contributed by atoms with van der Waals surface area (Å²) in [6, 6.07) is 9.11. The van der Waals surface area contributed by atoms with Crippen molar-refractivity contribution in [1.29, 1.82) is 0 Å². The number of hydrogen-bond donors (Lipinski definition) is 2. The van der Waals surface area contributed by atoms with Crippen molar-refractivity contribution in [2.45, 2.75) is 26.3 Å². The van der Waals surface area contributed by atoms with Crippen LogP contribution in [0.4, 0.5) is 0 Å². The topological polar surface area (TPSA) is 95.7 Å². The van der Waals surface area contributed by atoms with E-state index in [1.54, 1.807) is 16.7 Å². The predicted octanol–water partition coefficient (Wildman–Crippen LogP) is 0.520. The van der Waals surface area contributed by atoms with E-state index in [1.807, 2.05) is 30.3 Å². The third-order valence-electron chi connectivity index (χ3n) is 4.85. The number of nitrogens with zero attached hydrogens (tertiary/aromatic N) is 2. The van der Waals surface area contributed by atoms with E-state index in [2.05, 4.69) is 5.32 Å². The molecule has 0 aromatic heterocycles. The molecule has 1 aromatic rings. The van der Waals surface area contributed by atoms with Gasteiger partial charge >= 0.3 is 0 Å². The van der Waals surface area contributed by atoms with Gasteiger partial charge in [0.25, 0.3) is 0 Å². The Balaban J connectivity index is 1.72. The van der Waals surface area contributed by atoms with Gasteiger partial charge < -0.3 is 20.9 Å². The van der Waals surface area contributed by atoms with E-state index in [9.17, 15) is 14.4 Å². The quantitative estimate of drug-likeness (QED) is 0.773. The third-order valence-corrected chi connectivity index (χ3v) is 4.85. The summed E-state index contributed by atoms with van der Waals surface area (Å²) in [6.45, 7) is 5.83. The van der Waals surface area contributed by atoms with Crippen molar-refractivity contribution < 1.29 is 14.4 Å². The zero-order valence-electron chi connectivity index (χ0n) is 15.5. The van der Waals surface area contributed by atoms with Gasteiger partial charge in [0.2, 0.25) is 17.7 Å². The van der Waals surface area contributed by atoms with Crippen LogP contribution in [0.5, 0.6) is 0 Å². The molecule has 0 spiro atoms. The smallest absolute Gasteiger partial charge is 0.224 e. The number of amides is 3. The summed E-state index contributed by atoms with van der Waals surface area (Å²) in [5.74, 6) is -0.510. The average Bonchev–Trinajstić information content (AvgIpc) is 2.67. The summed E-state index contributed by atoms with van der Waals surface area (Å²) >= 11 is 0. The van der Waals surface area contributed by atoms with Crippen LogP contribution in [0.25, 0.3) is 0 Å². The molecule has 1 aliphatic rings. The van der Waals surface area contributed by atoms with Crippen molar-refractivity contribution in [2.75, 3.05) is 32.7 Å². The van der Waals surface area contributed by atoms with Crippen molar-refractivity contribution in [3.63, 3.8) is 0 Å². The van der Waals surface area contributed by atoms with Crippen LogP contribution in [-0.4, -0.2) is 60.2 Å². The van der Waals surface area contributed by atoms with Crippen molar-refractivity contribution in [2.24, 2.45) is 11.7 Å². The maximum atomic E-state index is 12.3. The fraction of sp³-hybridized carbons (Fsp3) is 0.526. The number of piperazine rings is 1. The second-order valence-electron chi connectivity index (χ2n) is 6.65. The Kier molecular flexibility index (Phi) is 7.15. The van der Waals surface area contributed by atoms with Crippen LogP contribution in [0.1, 0.15) is 31.9 Å². The molecule has 0 radical (unpaired) electrons. The first-order valence-corrected chi connectivity index (χ1v) is 9.01. The Morgan fingerprint density at radius 1 is 1.08 bits per heavy atom. The summed E-state index contributed by atoms with van der Waals surface area (Å²) in [6.07, 6.45) is 0.249. The zero-order valence-corrected chi connectivity index (χ0v) is 15.5. The first-order valence-electron chi connectivity index (χ1n) is 9.01. The molecule has 26 heavy (non-hydrogen) atoms. The molecule has 1 aliphatic heterocycles. The SMILES string of the molecule is CC(=O)N1CCN(C(=O)CCNC(=O)C(C)C(N)c2ccccc2)CC1. The van der Waals surface area contributed by atoms with Gasteiger partial charge in [-0.15, -0.1) is 0 Å². The van der Waals surface area contributed by atoms with Gasteiger partial charge in [0.05, 0.1) is 5.92 Å². The average molecular weight is 360 g/mol. The van der Waals surface area contributed by atoms with Crippen LogP contribution in [0.2, 0.25) is 0 Å². The lowest BCUT2D eigenvalue weighted by atomic mass is 9.95. The van der Waals surface area contributed by atoms with E-state index in [4.69, 9.17) is 5.73 Å². The van der Waals surface area contributed by atoms with E-state index < -0.39 is 0 Å². The van der Waals surface area contributed by atoms with Crippen LogP contribution in [0.3, 0.4) is 0 Å². The highest BCUT2D eigenvalue weighted by atomic mass is 16.2. The Bertz CT molecular complexity index is 627. The largest absolute Gasteiger partial charge is 0.355 e. The predicted molar refractivity (Wildman–Crippen MR) is 99.0 cm³/mol. The number of nitrogens with one attached hydrogen (secondary N) is 1. The first-order chi connectivity index (χ1) is 12.4. The van der Waals surface area contributed by atoms with Gasteiger partial charge in [-0.05, 0) is 5.56 Å². The highest BCUT2D eigenvalue weighted by molar-refractivity contribution is 5.81. The highest BCUT2D eigenvalue weighted by Gasteiger charge is 2.24. The number of nitrogens with two attached hydrogens (primary N) is 1. The molecule has 0 bridgehead atoms. The molecule has 1 fully saturated rings. The maximum Gasteiger partial charge on any atom is 0.224 e. The van der Waals surface area contributed by atoms with Crippen molar-refractivity contribution in [3.8, 4) is 0 Å². The van der Waals surface area contributed by atoms with E-state index in [-0.39, 0.29) is 42.6 Å². The molecule has 3 amide bonds. The minimum absolute atomic E-state index is 0.00601. The molecule has 7 nitrogen and oxygen atoms in total. The van der Waals surface area contributed by atoms with Gasteiger partial charge in [-0.2, -0.15) is 0 Å². The molecule has 1 saturated heterocycles. The van der Waals surface area contributed by atoms with Crippen molar-refractivity contribution in [1.82, 2.24) is 15.1 Å². The van der Waals surface area contributed by atoms with Crippen LogP contribution < -0.4 is 11.1 Å². The second-order valence-corrected chi connectivity index (χ2v) is 6.65.